The number of piperidine rings is 1. The maximum atomic E-state index is 12.5. The van der Waals surface area contributed by atoms with Crippen LogP contribution in [0.15, 0.2) is 59.2 Å². The number of hydrogen-bond donors (Lipinski definition) is 1. The van der Waals surface area contributed by atoms with E-state index in [1.165, 1.54) is 0 Å². The van der Waals surface area contributed by atoms with Gasteiger partial charge < -0.3 is 19.4 Å². The van der Waals surface area contributed by atoms with Crippen LogP contribution in [0.3, 0.4) is 0 Å². The number of carbonyl (C=O) groups is 1. The van der Waals surface area contributed by atoms with E-state index in [1.807, 2.05) is 48.5 Å². The van der Waals surface area contributed by atoms with Gasteiger partial charge in [-0.1, -0.05) is 0 Å². The van der Waals surface area contributed by atoms with Crippen LogP contribution >= 0.6 is 0 Å². The molecule has 32 heavy (non-hydrogen) atoms. The van der Waals surface area contributed by atoms with Crippen molar-refractivity contribution in [3.63, 3.8) is 0 Å². The second-order valence-electron chi connectivity index (χ2n) is 7.77. The van der Waals surface area contributed by atoms with Gasteiger partial charge in [0.15, 0.2) is 11.5 Å². The number of rotatable bonds is 6. The largest absolute Gasteiger partial charge is 0.497 e. The van der Waals surface area contributed by atoms with Gasteiger partial charge in [-0.2, -0.15) is 4.52 Å². The van der Waals surface area contributed by atoms with Gasteiger partial charge in [-0.3, -0.25) is 4.79 Å². The zero-order valence-corrected chi connectivity index (χ0v) is 17.8. The lowest BCUT2D eigenvalue weighted by molar-refractivity contribution is -0.125. The van der Waals surface area contributed by atoms with Crippen LogP contribution in [0.4, 0.5) is 5.82 Å². The van der Waals surface area contributed by atoms with Crippen LogP contribution < -0.4 is 15.0 Å². The van der Waals surface area contributed by atoms with Crippen LogP contribution in [0.1, 0.15) is 18.6 Å². The number of ether oxygens (including phenoxy) is 1. The Balaban J connectivity index is 1.26. The third kappa shape index (κ3) is 4.01. The molecule has 1 aliphatic rings. The molecule has 0 saturated carbocycles. The minimum atomic E-state index is -0.00489. The monoisotopic (exact) mass is 432 g/mol. The number of nitrogens with zero attached hydrogens (tertiary/aromatic N) is 5. The van der Waals surface area contributed by atoms with Gasteiger partial charge >= 0.3 is 0 Å². The molecule has 1 N–H and O–H groups in total. The molecule has 0 spiro atoms. The molecule has 1 aromatic carbocycles. The molecule has 0 radical (unpaired) electrons. The minimum Gasteiger partial charge on any atom is -0.497 e. The Morgan fingerprint density at radius 2 is 1.94 bits per heavy atom. The topological polar surface area (TPSA) is 97.8 Å². The predicted octanol–water partition coefficient (Wildman–Crippen LogP) is 2.93. The highest BCUT2D eigenvalue weighted by atomic mass is 16.5. The highest BCUT2D eigenvalue weighted by Gasteiger charge is 2.26. The summed E-state index contributed by atoms with van der Waals surface area (Å²) < 4.78 is 12.3. The smallest absolute Gasteiger partial charge is 0.223 e. The van der Waals surface area contributed by atoms with Crippen molar-refractivity contribution < 1.29 is 13.9 Å². The van der Waals surface area contributed by atoms with Crippen molar-refractivity contribution in [2.24, 2.45) is 5.92 Å². The first kappa shape index (κ1) is 20.0. The average molecular weight is 432 g/mol. The van der Waals surface area contributed by atoms with Gasteiger partial charge in [-0.25, -0.2) is 0 Å². The van der Waals surface area contributed by atoms with Gasteiger partial charge in [0.1, 0.15) is 17.3 Å². The van der Waals surface area contributed by atoms with E-state index in [1.54, 1.807) is 17.9 Å². The van der Waals surface area contributed by atoms with E-state index in [2.05, 4.69) is 20.4 Å². The molecule has 9 heteroatoms. The Labute approximate surface area is 185 Å². The van der Waals surface area contributed by atoms with Crippen molar-refractivity contribution in [2.45, 2.75) is 19.4 Å². The Kier molecular flexibility index (Phi) is 5.45. The quantitative estimate of drug-likeness (QED) is 0.500. The summed E-state index contributed by atoms with van der Waals surface area (Å²) in [6, 6.07) is 15.2. The fourth-order valence-corrected chi connectivity index (χ4v) is 3.97. The fraction of sp³-hybridized carbons (Fsp3) is 0.304. The third-order valence-electron chi connectivity index (χ3n) is 5.80. The van der Waals surface area contributed by atoms with E-state index in [0.717, 1.165) is 48.8 Å². The molecule has 4 aromatic rings. The van der Waals surface area contributed by atoms with Crippen LogP contribution in [0.5, 0.6) is 5.75 Å². The van der Waals surface area contributed by atoms with Crippen LogP contribution in [0, 0.1) is 5.92 Å². The maximum Gasteiger partial charge on any atom is 0.223 e. The number of methoxy groups -OCH3 is 1. The molecule has 0 atom stereocenters. The lowest BCUT2D eigenvalue weighted by Gasteiger charge is -2.32. The zero-order valence-electron chi connectivity index (χ0n) is 17.8. The van der Waals surface area contributed by atoms with Crippen LogP contribution in [0.25, 0.3) is 17.0 Å². The number of nitrogens with one attached hydrogen (secondary N) is 1. The van der Waals surface area contributed by atoms with Gasteiger partial charge in [0.25, 0.3) is 0 Å². The Hall–Kier alpha value is -3.88. The van der Waals surface area contributed by atoms with E-state index in [9.17, 15) is 4.79 Å². The first-order valence-electron chi connectivity index (χ1n) is 10.6. The molecule has 164 valence electrons. The van der Waals surface area contributed by atoms with Crippen molar-refractivity contribution >= 4 is 17.4 Å². The molecular formula is C23H24N6O3. The van der Waals surface area contributed by atoms with E-state index in [-0.39, 0.29) is 11.8 Å². The molecule has 9 nitrogen and oxygen atoms in total. The molecule has 1 amide bonds. The lowest BCUT2D eigenvalue weighted by Crippen LogP contribution is -2.40. The SMILES string of the molecule is COc1ccc(-c2nnc3ccc(N4CCC(C(=O)NCc5ccco5)CC4)nn23)cc1. The standard InChI is InChI=1S/C23H24N6O3/c1-31-18-6-4-16(5-7-18)22-26-25-20-8-9-21(27-29(20)22)28-12-10-17(11-13-28)23(30)24-15-19-3-2-14-32-19/h2-9,14,17H,10-13,15H2,1H3,(H,24,30). The van der Waals surface area contributed by atoms with E-state index < -0.39 is 0 Å². The normalized spacial score (nSPS) is 14.6. The summed E-state index contributed by atoms with van der Waals surface area (Å²) in [7, 11) is 1.64. The maximum absolute atomic E-state index is 12.5. The minimum absolute atomic E-state index is 0.00489. The molecule has 4 heterocycles. The Morgan fingerprint density at radius 1 is 1.12 bits per heavy atom. The number of amides is 1. The van der Waals surface area contributed by atoms with Crippen molar-refractivity contribution in [3.05, 3.63) is 60.6 Å². The number of hydrogen-bond acceptors (Lipinski definition) is 7. The lowest BCUT2D eigenvalue weighted by atomic mass is 9.96. The van der Waals surface area contributed by atoms with Gasteiger partial charge in [0.05, 0.1) is 19.9 Å². The molecule has 1 aliphatic heterocycles. The van der Waals surface area contributed by atoms with Gasteiger partial charge in [-0.05, 0) is 61.4 Å². The highest BCUT2D eigenvalue weighted by molar-refractivity contribution is 5.78. The average Bonchev–Trinajstić information content (AvgIpc) is 3.52. The van der Waals surface area contributed by atoms with Crippen LogP contribution in [-0.2, 0) is 11.3 Å². The van der Waals surface area contributed by atoms with Crippen LogP contribution in [0.2, 0.25) is 0 Å². The van der Waals surface area contributed by atoms with Crippen molar-refractivity contribution in [2.75, 3.05) is 25.1 Å². The molecule has 5 rings (SSSR count). The second-order valence-corrected chi connectivity index (χ2v) is 7.77. The Bertz CT molecular complexity index is 1190. The summed E-state index contributed by atoms with van der Waals surface area (Å²) in [5.74, 6) is 3.14. The molecular weight excluding hydrogens is 408 g/mol. The number of fused-ring (bicyclic) bond motifs is 1. The molecule has 3 aromatic heterocycles. The summed E-state index contributed by atoms with van der Waals surface area (Å²) in [6.45, 7) is 1.95. The molecule has 0 aliphatic carbocycles. The zero-order chi connectivity index (χ0) is 21.9. The highest BCUT2D eigenvalue weighted by Crippen LogP contribution is 2.25. The number of carbonyl (C=O) groups excluding carboxylic acids is 1. The van der Waals surface area contributed by atoms with Gasteiger partial charge in [0, 0.05) is 24.6 Å². The van der Waals surface area contributed by atoms with Gasteiger partial charge in [-0.15, -0.1) is 15.3 Å². The molecule has 0 bridgehead atoms. The summed E-state index contributed by atoms with van der Waals surface area (Å²) in [5.41, 5.74) is 1.60. The summed E-state index contributed by atoms with van der Waals surface area (Å²) in [4.78, 5) is 14.7. The molecule has 0 unspecified atom stereocenters. The summed E-state index contributed by atoms with van der Waals surface area (Å²) in [5, 5.41) is 16.3. The van der Waals surface area contributed by atoms with E-state index in [4.69, 9.17) is 14.3 Å². The second kappa shape index (κ2) is 8.70. The summed E-state index contributed by atoms with van der Waals surface area (Å²) >= 11 is 0. The van der Waals surface area contributed by atoms with E-state index in [0.29, 0.717) is 18.0 Å². The van der Waals surface area contributed by atoms with Crippen molar-refractivity contribution in [3.8, 4) is 17.1 Å². The fourth-order valence-electron chi connectivity index (χ4n) is 3.97. The van der Waals surface area contributed by atoms with E-state index >= 15 is 0 Å². The summed E-state index contributed by atoms with van der Waals surface area (Å²) in [6.07, 6.45) is 3.16. The number of anilines is 1. The van der Waals surface area contributed by atoms with Crippen molar-refractivity contribution in [1.82, 2.24) is 25.1 Å². The number of benzene rings is 1. The number of aromatic nitrogens is 4. The van der Waals surface area contributed by atoms with Gasteiger partial charge in [0.2, 0.25) is 5.91 Å². The van der Waals surface area contributed by atoms with Crippen LogP contribution in [-0.4, -0.2) is 45.9 Å². The number of furan rings is 1. The first-order valence-corrected chi connectivity index (χ1v) is 10.6. The third-order valence-corrected chi connectivity index (χ3v) is 5.80. The molecule has 1 saturated heterocycles. The Morgan fingerprint density at radius 3 is 2.66 bits per heavy atom. The first-order chi connectivity index (χ1) is 15.7. The predicted molar refractivity (Wildman–Crippen MR) is 118 cm³/mol. The van der Waals surface area contributed by atoms with Crippen molar-refractivity contribution in [1.29, 1.82) is 0 Å². The molecule has 1 fully saturated rings.